The van der Waals surface area contributed by atoms with E-state index in [1.165, 1.54) is 0 Å². The van der Waals surface area contributed by atoms with E-state index in [0.717, 1.165) is 34.6 Å². The normalized spacial score (nSPS) is 11.1. The topological polar surface area (TPSA) is 45.2 Å². The molecule has 1 aromatic heterocycles. The van der Waals surface area contributed by atoms with Gasteiger partial charge < -0.3 is 10.2 Å². The summed E-state index contributed by atoms with van der Waals surface area (Å²) in [6.45, 7) is 0.737. The highest BCUT2D eigenvalue weighted by atomic mass is 16.1. The van der Waals surface area contributed by atoms with E-state index in [-0.39, 0.29) is 5.78 Å². The molecule has 0 amide bonds. The van der Waals surface area contributed by atoms with Gasteiger partial charge in [-0.05, 0) is 55.6 Å². The predicted octanol–water partition coefficient (Wildman–Crippen LogP) is 4.78. The fourth-order valence-corrected chi connectivity index (χ4v) is 2.82. The number of rotatable bonds is 7. The van der Waals surface area contributed by atoms with Crippen LogP contribution in [0.15, 0.2) is 79.1 Å². The van der Waals surface area contributed by atoms with Gasteiger partial charge >= 0.3 is 0 Å². The van der Waals surface area contributed by atoms with Crippen molar-refractivity contribution in [2.45, 2.75) is 6.54 Å². The predicted molar refractivity (Wildman–Crippen MR) is 111 cm³/mol. The number of anilines is 2. The molecule has 27 heavy (non-hydrogen) atoms. The molecule has 136 valence electrons. The summed E-state index contributed by atoms with van der Waals surface area (Å²) in [6, 6.07) is 19.5. The van der Waals surface area contributed by atoms with Crippen LogP contribution in [0.4, 0.5) is 11.4 Å². The zero-order valence-corrected chi connectivity index (χ0v) is 15.6. The van der Waals surface area contributed by atoms with Crippen molar-refractivity contribution in [3.05, 3.63) is 95.8 Å². The van der Waals surface area contributed by atoms with Crippen LogP contribution in [0.5, 0.6) is 0 Å². The number of allylic oxidation sites excluding steroid dienone is 1. The quantitative estimate of drug-likeness (QED) is 0.488. The van der Waals surface area contributed by atoms with Crippen LogP contribution >= 0.6 is 0 Å². The zero-order valence-electron chi connectivity index (χ0n) is 15.6. The van der Waals surface area contributed by atoms with E-state index in [4.69, 9.17) is 0 Å². The van der Waals surface area contributed by atoms with Gasteiger partial charge in [0.25, 0.3) is 0 Å². The van der Waals surface area contributed by atoms with Gasteiger partial charge in [-0.15, -0.1) is 0 Å². The molecule has 0 aliphatic rings. The smallest absolute Gasteiger partial charge is 0.186 e. The fraction of sp³-hybridized carbons (Fsp3) is 0.130. The lowest BCUT2D eigenvalue weighted by atomic mass is 10.0. The van der Waals surface area contributed by atoms with Crippen molar-refractivity contribution in [2.75, 3.05) is 19.4 Å². The molecular formula is C23H23N3O. The Morgan fingerprint density at radius 2 is 1.78 bits per heavy atom. The highest BCUT2D eigenvalue weighted by Crippen LogP contribution is 2.18. The van der Waals surface area contributed by atoms with Gasteiger partial charge in [-0.1, -0.05) is 42.5 Å². The van der Waals surface area contributed by atoms with Gasteiger partial charge in [-0.2, -0.15) is 0 Å². The molecule has 4 nitrogen and oxygen atoms in total. The van der Waals surface area contributed by atoms with E-state index < -0.39 is 0 Å². The van der Waals surface area contributed by atoms with Crippen molar-refractivity contribution in [2.24, 2.45) is 0 Å². The van der Waals surface area contributed by atoms with Gasteiger partial charge in [0, 0.05) is 35.9 Å². The summed E-state index contributed by atoms with van der Waals surface area (Å²) in [5, 5.41) is 3.33. The average Bonchev–Trinajstić information content (AvgIpc) is 2.67. The molecule has 4 heteroatoms. The maximum absolute atomic E-state index is 12.7. The monoisotopic (exact) mass is 357 g/mol. The summed E-state index contributed by atoms with van der Waals surface area (Å²) < 4.78 is 0. The van der Waals surface area contributed by atoms with Crippen molar-refractivity contribution in [3.63, 3.8) is 0 Å². The fourth-order valence-electron chi connectivity index (χ4n) is 2.82. The van der Waals surface area contributed by atoms with Crippen molar-refractivity contribution in [3.8, 4) is 0 Å². The Labute approximate surface area is 160 Å². The van der Waals surface area contributed by atoms with Gasteiger partial charge in [-0.3, -0.25) is 9.78 Å². The second kappa shape index (κ2) is 8.92. The SMILES string of the molecule is CN(C)Cc1ccccc1C(=O)C=Cc1cccc(Nc2ccncc2)c1. The van der Waals surface area contributed by atoms with E-state index >= 15 is 0 Å². The minimum atomic E-state index is 0.0138. The van der Waals surface area contributed by atoms with Crippen molar-refractivity contribution < 1.29 is 4.79 Å². The maximum atomic E-state index is 12.7. The van der Waals surface area contributed by atoms with Crippen molar-refractivity contribution in [1.82, 2.24) is 9.88 Å². The number of pyridine rings is 1. The third kappa shape index (κ3) is 5.36. The highest BCUT2D eigenvalue weighted by Gasteiger charge is 2.08. The molecule has 3 rings (SSSR count). The molecule has 0 radical (unpaired) electrons. The van der Waals surface area contributed by atoms with Crippen molar-refractivity contribution in [1.29, 1.82) is 0 Å². The number of hydrogen-bond donors (Lipinski definition) is 1. The average molecular weight is 357 g/mol. The molecule has 0 fully saturated rings. The van der Waals surface area contributed by atoms with Crippen LogP contribution in [0.1, 0.15) is 21.5 Å². The molecule has 3 aromatic rings. The first-order valence-corrected chi connectivity index (χ1v) is 8.84. The lowest BCUT2D eigenvalue weighted by Gasteiger charge is -2.12. The molecular weight excluding hydrogens is 334 g/mol. The molecule has 1 heterocycles. The van der Waals surface area contributed by atoms with Gasteiger partial charge in [0.1, 0.15) is 0 Å². The first-order chi connectivity index (χ1) is 13.1. The van der Waals surface area contributed by atoms with Crippen LogP contribution in [0.2, 0.25) is 0 Å². The Hall–Kier alpha value is -3.24. The van der Waals surface area contributed by atoms with E-state index in [1.54, 1.807) is 18.5 Å². The van der Waals surface area contributed by atoms with Crippen LogP contribution in [0, 0.1) is 0 Å². The highest BCUT2D eigenvalue weighted by molar-refractivity contribution is 6.07. The summed E-state index contributed by atoms with van der Waals surface area (Å²) in [6.07, 6.45) is 6.98. The number of aromatic nitrogens is 1. The van der Waals surface area contributed by atoms with Crippen LogP contribution in [-0.2, 0) is 6.54 Å². The number of carbonyl (C=O) groups excluding carboxylic acids is 1. The lowest BCUT2D eigenvalue weighted by molar-refractivity contribution is 0.104. The summed E-state index contributed by atoms with van der Waals surface area (Å²) in [7, 11) is 4.00. The minimum absolute atomic E-state index is 0.0138. The van der Waals surface area contributed by atoms with Crippen LogP contribution in [0.25, 0.3) is 6.08 Å². The Morgan fingerprint density at radius 1 is 1.00 bits per heavy atom. The number of ketones is 1. The molecule has 2 aromatic carbocycles. The molecule has 0 unspecified atom stereocenters. The van der Waals surface area contributed by atoms with Gasteiger partial charge in [-0.25, -0.2) is 0 Å². The summed E-state index contributed by atoms with van der Waals surface area (Å²) in [5.41, 5.74) is 4.68. The molecule has 0 spiro atoms. The summed E-state index contributed by atoms with van der Waals surface area (Å²) in [4.78, 5) is 18.7. The Kier molecular flexibility index (Phi) is 6.13. The van der Waals surface area contributed by atoms with Crippen LogP contribution in [-0.4, -0.2) is 29.8 Å². The molecule has 0 aliphatic carbocycles. The zero-order chi connectivity index (χ0) is 19.1. The van der Waals surface area contributed by atoms with Crippen molar-refractivity contribution >= 4 is 23.2 Å². The molecule has 1 N–H and O–H groups in total. The van der Waals surface area contributed by atoms with Gasteiger partial charge in [0.05, 0.1) is 0 Å². The van der Waals surface area contributed by atoms with Gasteiger partial charge in [0.15, 0.2) is 5.78 Å². The van der Waals surface area contributed by atoms with Gasteiger partial charge in [0.2, 0.25) is 0 Å². The number of nitrogens with zero attached hydrogens (tertiary/aromatic N) is 2. The molecule has 0 saturated carbocycles. The number of nitrogens with one attached hydrogen (secondary N) is 1. The third-order valence-corrected chi connectivity index (χ3v) is 4.05. The number of carbonyl (C=O) groups is 1. The molecule has 0 saturated heterocycles. The Bertz CT molecular complexity index is 933. The molecule has 0 bridgehead atoms. The molecule has 0 aliphatic heterocycles. The number of hydrogen-bond acceptors (Lipinski definition) is 4. The second-order valence-electron chi connectivity index (χ2n) is 6.58. The van der Waals surface area contributed by atoms with E-state index in [1.807, 2.05) is 80.8 Å². The largest absolute Gasteiger partial charge is 0.355 e. The van der Waals surface area contributed by atoms with Crippen LogP contribution < -0.4 is 5.32 Å². The van der Waals surface area contributed by atoms with E-state index in [0.29, 0.717) is 0 Å². The molecule has 0 atom stereocenters. The maximum Gasteiger partial charge on any atom is 0.186 e. The van der Waals surface area contributed by atoms with E-state index in [2.05, 4.69) is 15.2 Å². The second-order valence-corrected chi connectivity index (χ2v) is 6.58. The number of benzene rings is 2. The first-order valence-electron chi connectivity index (χ1n) is 8.84. The van der Waals surface area contributed by atoms with Crippen LogP contribution in [0.3, 0.4) is 0 Å². The first kappa shape index (κ1) is 18.5. The Balaban J connectivity index is 1.75. The lowest BCUT2D eigenvalue weighted by Crippen LogP contribution is -2.13. The standard InChI is InChI=1S/C23H23N3O/c1-26(2)17-19-7-3-4-9-22(19)23(27)11-10-18-6-5-8-21(16-18)25-20-12-14-24-15-13-20/h3-16H,17H2,1-2H3,(H,24,25). The van der Waals surface area contributed by atoms with E-state index in [9.17, 15) is 4.79 Å². The minimum Gasteiger partial charge on any atom is -0.355 e. The Morgan fingerprint density at radius 3 is 2.56 bits per heavy atom. The third-order valence-electron chi connectivity index (χ3n) is 4.05. The summed E-state index contributed by atoms with van der Waals surface area (Å²) >= 11 is 0. The summed E-state index contributed by atoms with van der Waals surface area (Å²) in [5.74, 6) is 0.0138.